The first-order valence-corrected chi connectivity index (χ1v) is 5.46. The van der Waals surface area contributed by atoms with Crippen molar-refractivity contribution in [2.45, 2.75) is 38.9 Å². The summed E-state index contributed by atoms with van der Waals surface area (Å²) in [5.74, 6) is -2.19. The Morgan fingerprint density at radius 1 is 1.39 bits per heavy atom. The second kappa shape index (κ2) is 4.21. The molecule has 0 aliphatic carbocycles. The molecule has 0 aromatic carbocycles. The number of methoxy groups -OCH3 is 1. The maximum atomic E-state index is 13.8. The maximum Gasteiger partial charge on any atom is 0.496 e. The molecule has 0 bridgehead atoms. The quantitative estimate of drug-likeness (QED) is 0.595. The summed E-state index contributed by atoms with van der Waals surface area (Å²) in [6, 6.07) is -0.628. The second-order valence-corrected chi connectivity index (χ2v) is 5.07. The first-order valence-electron chi connectivity index (χ1n) is 7.96. The number of aromatic nitrogens is 1. The molecule has 0 amide bonds. The van der Waals surface area contributed by atoms with Crippen molar-refractivity contribution in [2.75, 3.05) is 7.04 Å². The molecule has 0 radical (unpaired) electrons. The molecule has 2 rings (SSSR count). The number of hydrogen-bond donors (Lipinski definition) is 0. The fraction of sp³-hybridized carbons (Fsp3) is 0.583. The standard InChI is InChI=1S/C12H17BFNO3/c1-11(2)12(3,4)18-13(17-11)8-6-9(16-5)10(14)15-7-8/h6-7H,1-5H3/i5D3,6D,7D. The van der Waals surface area contributed by atoms with E-state index < -0.39 is 49.3 Å². The monoisotopic (exact) mass is 258 g/mol. The van der Waals surface area contributed by atoms with Gasteiger partial charge in [-0.2, -0.15) is 4.39 Å². The summed E-state index contributed by atoms with van der Waals surface area (Å²) in [6.45, 7) is 7.10. The first kappa shape index (κ1) is 8.12. The third kappa shape index (κ3) is 2.10. The van der Waals surface area contributed by atoms with Gasteiger partial charge >= 0.3 is 7.12 Å². The summed E-state index contributed by atoms with van der Waals surface area (Å²) in [7, 11) is -4.10. The number of nitrogens with zero attached hydrogens (tertiary/aromatic N) is 1. The zero-order valence-electron chi connectivity index (χ0n) is 15.6. The van der Waals surface area contributed by atoms with E-state index in [0.29, 0.717) is 0 Å². The van der Waals surface area contributed by atoms with Gasteiger partial charge in [0.25, 0.3) is 5.95 Å². The fourth-order valence-corrected chi connectivity index (χ4v) is 1.50. The van der Waals surface area contributed by atoms with Gasteiger partial charge in [-0.3, -0.25) is 0 Å². The lowest BCUT2D eigenvalue weighted by atomic mass is 9.80. The number of hydrogen-bond acceptors (Lipinski definition) is 4. The van der Waals surface area contributed by atoms with Crippen molar-refractivity contribution in [1.29, 1.82) is 0 Å². The molecule has 6 heteroatoms. The van der Waals surface area contributed by atoms with E-state index in [1.807, 2.05) is 0 Å². The molecular weight excluding hydrogens is 236 g/mol. The number of halogens is 1. The Kier molecular flexibility index (Phi) is 1.90. The third-order valence-electron chi connectivity index (χ3n) is 3.30. The summed E-state index contributed by atoms with van der Waals surface area (Å²) in [4.78, 5) is 3.30. The van der Waals surface area contributed by atoms with Gasteiger partial charge in [-0.05, 0) is 33.7 Å². The Balaban J connectivity index is 2.50. The Morgan fingerprint density at radius 3 is 2.56 bits per heavy atom. The molecule has 0 N–H and O–H groups in total. The lowest BCUT2D eigenvalue weighted by Gasteiger charge is -2.32. The van der Waals surface area contributed by atoms with Gasteiger partial charge in [-0.25, -0.2) is 4.98 Å². The van der Waals surface area contributed by atoms with Crippen LogP contribution in [-0.2, 0) is 9.31 Å². The summed E-state index contributed by atoms with van der Waals surface area (Å²) in [6.07, 6.45) is -0.566. The average molecular weight is 258 g/mol. The minimum absolute atomic E-state index is 0.177. The lowest BCUT2D eigenvalue weighted by Crippen LogP contribution is -2.41. The van der Waals surface area contributed by atoms with E-state index in [1.54, 1.807) is 27.7 Å². The van der Waals surface area contributed by atoms with Crippen LogP contribution in [0.1, 0.15) is 34.5 Å². The second-order valence-electron chi connectivity index (χ2n) is 5.07. The molecule has 1 aliphatic rings. The zero-order valence-corrected chi connectivity index (χ0v) is 10.6. The predicted molar refractivity (Wildman–Crippen MR) is 66.5 cm³/mol. The molecule has 0 atom stereocenters. The van der Waals surface area contributed by atoms with Gasteiger partial charge in [0.05, 0.1) is 25.1 Å². The van der Waals surface area contributed by atoms with Crippen LogP contribution in [0.5, 0.6) is 5.75 Å². The van der Waals surface area contributed by atoms with Crippen LogP contribution < -0.4 is 10.2 Å². The van der Waals surface area contributed by atoms with E-state index >= 15 is 0 Å². The number of ether oxygens (including phenoxy) is 1. The van der Waals surface area contributed by atoms with Crippen molar-refractivity contribution in [1.82, 2.24) is 4.98 Å². The first-order chi connectivity index (χ1) is 10.3. The minimum Gasteiger partial charge on any atom is -0.492 e. The highest BCUT2D eigenvalue weighted by Gasteiger charge is 2.51. The van der Waals surface area contributed by atoms with Crippen molar-refractivity contribution in [3.05, 3.63) is 18.2 Å². The Bertz CT molecular complexity index is 622. The smallest absolute Gasteiger partial charge is 0.492 e. The molecule has 98 valence electrons. The summed E-state index contributed by atoms with van der Waals surface area (Å²) < 4.78 is 66.7. The van der Waals surface area contributed by atoms with Gasteiger partial charge in [-0.1, -0.05) is 0 Å². The predicted octanol–water partition coefficient (Wildman–Crippen LogP) is 1.53. The van der Waals surface area contributed by atoms with Gasteiger partial charge in [0, 0.05) is 11.6 Å². The number of rotatable bonds is 2. The highest BCUT2D eigenvalue weighted by Crippen LogP contribution is 2.36. The molecular formula is C12H17BFNO3. The maximum absolute atomic E-state index is 13.8. The van der Waals surface area contributed by atoms with Crippen LogP contribution in [-0.4, -0.2) is 30.3 Å². The Labute approximate surface area is 114 Å². The van der Waals surface area contributed by atoms with Crippen LogP contribution in [0, 0.1) is 5.95 Å². The van der Waals surface area contributed by atoms with E-state index in [2.05, 4.69) is 9.72 Å². The highest BCUT2D eigenvalue weighted by molar-refractivity contribution is 6.62. The molecule has 4 nitrogen and oxygen atoms in total. The topological polar surface area (TPSA) is 40.6 Å². The van der Waals surface area contributed by atoms with E-state index in [9.17, 15) is 4.39 Å². The van der Waals surface area contributed by atoms with Gasteiger partial charge in [0.2, 0.25) is 0 Å². The van der Waals surface area contributed by atoms with Crippen LogP contribution in [0.15, 0.2) is 12.2 Å². The van der Waals surface area contributed by atoms with Crippen molar-refractivity contribution in [3.63, 3.8) is 0 Å². The van der Waals surface area contributed by atoms with Crippen LogP contribution in [0.4, 0.5) is 4.39 Å². The molecule has 2 heterocycles. The fourth-order valence-electron chi connectivity index (χ4n) is 1.50. The molecule has 1 saturated heterocycles. The molecule has 0 unspecified atom stereocenters. The third-order valence-corrected chi connectivity index (χ3v) is 3.30. The molecule has 18 heavy (non-hydrogen) atoms. The van der Waals surface area contributed by atoms with E-state index in [0.717, 1.165) is 0 Å². The van der Waals surface area contributed by atoms with Gasteiger partial charge < -0.3 is 14.0 Å². The SMILES string of the molecule is [2H]c1nc(F)c(OC([2H])([2H])[2H])c([2H])c1B1OC(C)(C)C(C)(C)O1. The average Bonchev–Trinajstić information content (AvgIpc) is 2.52. The Morgan fingerprint density at radius 2 is 2.00 bits per heavy atom. The zero-order chi connectivity index (χ0) is 17.8. The lowest BCUT2D eigenvalue weighted by molar-refractivity contribution is 0.00578. The van der Waals surface area contributed by atoms with Gasteiger partial charge in [0.15, 0.2) is 5.75 Å². The molecule has 1 aromatic rings. The van der Waals surface area contributed by atoms with E-state index in [-0.39, 0.29) is 5.46 Å². The van der Waals surface area contributed by atoms with Gasteiger partial charge in [-0.15, -0.1) is 0 Å². The largest absolute Gasteiger partial charge is 0.496 e. The molecule has 1 aromatic heterocycles. The summed E-state index contributed by atoms with van der Waals surface area (Å²) in [5.41, 5.74) is -1.66. The Hall–Kier alpha value is -1.14. The normalized spacial score (nSPS) is 25.8. The molecule has 0 saturated carbocycles. The number of pyridine rings is 1. The highest BCUT2D eigenvalue weighted by atomic mass is 19.1. The van der Waals surface area contributed by atoms with E-state index in [1.165, 1.54) is 0 Å². The van der Waals surface area contributed by atoms with Crippen molar-refractivity contribution < 1.29 is 25.3 Å². The van der Waals surface area contributed by atoms with Crippen molar-refractivity contribution in [2.24, 2.45) is 0 Å². The molecule has 1 aliphatic heterocycles. The molecule has 0 spiro atoms. The van der Waals surface area contributed by atoms with Gasteiger partial charge in [0.1, 0.15) is 0 Å². The van der Waals surface area contributed by atoms with E-state index in [4.69, 9.17) is 16.2 Å². The minimum atomic E-state index is -2.95. The van der Waals surface area contributed by atoms with Crippen LogP contribution in [0.3, 0.4) is 0 Å². The molecule has 1 fully saturated rings. The summed E-state index contributed by atoms with van der Waals surface area (Å²) >= 11 is 0. The van der Waals surface area contributed by atoms with Crippen LogP contribution >= 0.6 is 0 Å². The van der Waals surface area contributed by atoms with Crippen molar-refractivity contribution in [3.8, 4) is 5.75 Å². The summed E-state index contributed by atoms with van der Waals surface area (Å²) in [5, 5.41) is 0. The van der Waals surface area contributed by atoms with Crippen LogP contribution in [0.25, 0.3) is 0 Å². The van der Waals surface area contributed by atoms with Crippen LogP contribution in [0.2, 0.25) is 0 Å². The van der Waals surface area contributed by atoms with Crippen molar-refractivity contribution >= 4 is 12.6 Å².